The molecule has 2 unspecified atom stereocenters. The number of hydrogen-bond acceptors (Lipinski definition) is 3. The van der Waals surface area contributed by atoms with E-state index >= 15 is 0 Å². The molecule has 0 bridgehead atoms. The highest BCUT2D eigenvalue weighted by Crippen LogP contribution is 2.35. The third-order valence-electron chi connectivity index (χ3n) is 3.70. The normalized spacial score (nSPS) is 19.1. The summed E-state index contributed by atoms with van der Waals surface area (Å²) in [6.45, 7) is 2.09. The van der Waals surface area contributed by atoms with Crippen LogP contribution in [0.4, 0.5) is 0 Å². The molecular weight excluding hydrogens is 226 g/mol. The molecule has 3 heteroatoms. The van der Waals surface area contributed by atoms with Crippen LogP contribution in [0.15, 0.2) is 24.3 Å². The summed E-state index contributed by atoms with van der Waals surface area (Å²) in [7, 11) is 1.69. The Morgan fingerprint density at radius 1 is 1.33 bits per heavy atom. The van der Waals surface area contributed by atoms with Gasteiger partial charge in [-0.1, -0.05) is 25.1 Å². The predicted octanol–water partition coefficient (Wildman–Crippen LogP) is 3.04. The Morgan fingerprint density at radius 3 is 2.61 bits per heavy atom. The molecule has 0 aliphatic heterocycles. The Bertz CT molecular complexity index is 377. The largest absolute Gasteiger partial charge is 0.496 e. The second-order valence-electron chi connectivity index (χ2n) is 4.92. The molecule has 2 rings (SSSR count). The predicted molar refractivity (Wildman–Crippen MR) is 72.7 cm³/mol. The molecule has 0 saturated heterocycles. The minimum absolute atomic E-state index is 0.0156. The van der Waals surface area contributed by atoms with E-state index < -0.39 is 0 Å². The molecule has 0 amide bonds. The second-order valence-corrected chi connectivity index (χ2v) is 4.92. The highest BCUT2D eigenvalue weighted by Gasteiger charge is 2.28. The van der Waals surface area contributed by atoms with Crippen molar-refractivity contribution in [3.8, 4) is 5.75 Å². The van der Waals surface area contributed by atoms with Crippen LogP contribution in [-0.2, 0) is 4.74 Å². The number of ether oxygens (including phenoxy) is 2. The van der Waals surface area contributed by atoms with Crippen molar-refractivity contribution in [2.24, 2.45) is 5.73 Å². The van der Waals surface area contributed by atoms with Crippen molar-refractivity contribution in [1.82, 2.24) is 0 Å². The van der Waals surface area contributed by atoms with Crippen molar-refractivity contribution < 1.29 is 9.47 Å². The van der Waals surface area contributed by atoms with Crippen LogP contribution < -0.4 is 10.5 Å². The fourth-order valence-electron chi connectivity index (χ4n) is 2.23. The number of benzene rings is 1. The first-order valence-electron chi connectivity index (χ1n) is 6.80. The van der Waals surface area contributed by atoms with Crippen molar-refractivity contribution >= 4 is 0 Å². The van der Waals surface area contributed by atoms with Crippen LogP contribution in [0.1, 0.15) is 44.3 Å². The molecule has 0 radical (unpaired) electrons. The quantitative estimate of drug-likeness (QED) is 0.842. The number of methoxy groups -OCH3 is 1. The van der Waals surface area contributed by atoms with Crippen molar-refractivity contribution in [3.05, 3.63) is 29.8 Å². The monoisotopic (exact) mass is 249 g/mol. The van der Waals surface area contributed by atoms with Gasteiger partial charge in [0.2, 0.25) is 0 Å². The van der Waals surface area contributed by atoms with Crippen molar-refractivity contribution in [1.29, 1.82) is 0 Å². The summed E-state index contributed by atoms with van der Waals surface area (Å²) in [5.41, 5.74) is 7.29. The number of hydrogen-bond donors (Lipinski definition) is 1. The maximum Gasteiger partial charge on any atom is 0.124 e. The van der Waals surface area contributed by atoms with E-state index in [0.29, 0.717) is 6.10 Å². The fraction of sp³-hybridized carbons (Fsp3) is 0.600. The topological polar surface area (TPSA) is 44.5 Å². The van der Waals surface area contributed by atoms with Crippen molar-refractivity contribution in [2.45, 2.75) is 50.9 Å². The molecule has 1 fully saturated rings. The van der Waals surface area contributed by atoms with Gasteiger partial charge in [0.05, 0.1) is 13.2 Å². The zero-order valence-electron chi connectivity index (χ0n) is 11.3. The summed E-state index contributed by atoms with van der Waals surface area (Å²) < 4.78 is 11.6. The summed E-state index contributed by atoms with van der Waals surface area (Å²) in [4.78, 5) is 0. The average Bonchev–Trinajstić information content (AvgIpc) is 2.37. The lowest BCUT2D eigenvalue weighted by Crippen LogP contribution is -2.34. The minimum Gasteiger partial charge on any atom is -0.496 e. The lowest BCUT2D eigenvalue weighted by molar-refractivity contribution is -0.0645. The third kappa shape index (κ3) is 2.85. The summed E-state index contributed by atoms with van der Waals surface area (Å²) in [5.74, 6) is 0.866. The Kier molecular flexibility index (Phi) is 4.61. The SMILES string of the molecule is CCC(N)C(OC1CCC1)c1ccccc1OC. The van der Waals surface area contributed by atoms with Gasteiger partial charge in [-0.05, 0) is 31.7 Å². The van der Waals surface area contributed by atoms with Gasteiger partial charge in [-0.15, -0.1) is 0 Å². The zero-order valence-corrected chi connectivity index (χ0v) is 11.3. The van der Waals surface area contributed by atoms with Gasteiger partial charge in [0, 0.05) is 11.6 Å². The first-order chi connectivity index (χ1) is 8.76. The van der Waals surface area contributed by atoms with Crippen LogP contribution in [0.5, 0.6) is 5.75 Å². The Labute approximate surface area is 109 Å². The van der Waals surface area contributed by atoms with Gasteiger partial charge in [-0.2, -0.15) is 0 Å². The smallest absolute Gasteiger partial charge is 0.124 e. The van der Waals surface area contributed by atoms with Crippen LogP contribution in [0.3, 0.4) is 0 Å². The maximum atomic E-state index is 6.22. The molecule has 1 aliphatic rings. The second kappa shape index (κ2) is 6.21. The Balaban J connectivity index is 2.20. The summed E-state index contributed by atoms with van der Waals surface area (Å²) in [6, 6.07) is 8.02. The summed E-state index contributed by atoms with van der Waals surface area (Å²) in [6.07, 6.45) is 4.79. The van der Waals surface area contributed by atoms with Crippen molar-refractivity contribution in [2.75, 3.05) is 7.11 Å². The lowest BCUT2D eigenvalue weighted by atomic mass is 9.94. The first-order valence-corrected chi connectivity index (χ1v) is 6.80. The average molecular weight is 249 g/mol. The van der Waals surface area contributed by atoms with E-state index in [9.17, 15) is 0 Å². The van der Waals surface area contributed by atoms with Gasteiger partial charge in [0.1, 0.15) is 11.9 Å². The maximum absolute atomic E-state index is 6.22. The van der Waals surface area contributed by atoms with Gasteiger partial charge in [0.25, 0.3) is 0 Å². The molecule has 2 atom stereocenters. The van der Waals surface area contributed by atoms with Gasteiger partial charge in [-0.25, -0.2) is 0 Å². The first kappa shape index (κ1) is 13.4. The molecule has 1 aromatic carbocycles. The van der Waals surface area contributed by atoms with Crippen LogP contribution in [0, 0.1) is 0 Å². The Morgan fingerprint density at radius 2 is 2.06 bits per heavy atom. The van der Waals surface area contributed by atoms with E-state index in [1.165, 1.54) is 6.42 Å². The zero-order chi connectivity index (χ0) is 13.0. The molecule has 0 aromatic heterocycles. The van der Waals surface area contributed by atoms with Crippen molar-refractivity contribution in [3.63, 3.8) is 0 Å². The molecule has 18 heavy (non-hydrogen) atoms. The standard InChI is InChI=1S/C15H23NO2/c1-3-13(16)15(18-11-7-6-8-11)12-9-4-5-10-14(12)17-2/h4-5,9-11,13,15H,3,6-8,16H2,1-2H3. The van der Waals surface area contributed by atoms with Gasteiger partial charge >= 0.3 is 0 Å². The molecule has 1 aliphatic carbocycles. The highest BCUT2D eigenvalue weighted by atomic mass is 16.5. The molecule has 1 saturated carbocycles. The molecule has 0 heterocycles. The molecule has 3 nitrogen and oxygen atoms in total. The molecular formula is C15H23NO2. The van der Waals surface area contributed by atoms with Gasteiger partial charge in [-0.3, -0.25) is 0 Å². The van der Waals surface area contributed by atoms with E-state index in [1.54, 1.807) is 7.11 Å². The van der Waals surface area contributed by atoms with Gasteiger partial charge in [0.15, 0.2) is 0 Å². The van der Waals surface area contributed by atoms with Crippen LogP contribution in [-0.4, -0.2) is 19.3 Å². The number of rotatable bonds is 6. The van der Waals surface area contributed by atoms with E-state index in [4.69, 9.17) is 15.2 Å². The summed E-state index contributed by atoms with van der Waals surface area (Å²) in [5, 5.41) is 0. The highest BCUT2D eigenvalue weighted by molar-refractivity contribution is 5.36. The molecule has 0 spiro atoms. The fourth-order valence-corrected chi connectivity index (χ4v) is 2.23. The molecule has 2 N–H and O–H groups in total. The van der Waals surface area contributed by atoms with E-state index in [1.807, 2.05) is 18.2 Å². The van der Waals surface area contributed by atoms with Crippen LogP contribution in [0.2, 0.25) is 0 Å². The number of para-hydroxylation sites is 1. The lowest BCUT2D eigenvalue weighted by Gasteiger charge is -2.33. The summed E-state index contributed by atoms with van der Waals surface area (Å²) >= 11 is 0. The van der Waals surface area contributed by atoms with E-state index in [-0.39, 0.29) is 12.1 Å². The van der Waals surface area contributed by atoms with Crippen LogP contribution >= 0.6 is 0 Å². The Hall–Kier alpha value is -1.06. The van der Waals surface area contributed by atoms with Crippen LogP contribution in [0.25, 0.3) is 0 Å². The number of nitrogens with two attached hydrogens (primary N) is 1. The third-order valence-corrected chi connectivity index (χ3v) is 3.70. The van der Waals surface area contributed by atoms with Gasteiger partial charge < -0.3 is 15.2 Å². The molecule has 100 valence electrons. The minimum atomic E-state index is -0.0588. The molecule has 1 aromatic rings. The van der Waals surface area contributed by atoms with E-state index in [0.717, 1.165) is 30.6 Å². The van der Waals surface area contributed by atoms with E-state index in [2.05, 4.69) is 13.0 Å².